The number of halogens is 1. The smallest absolute Gasteiger partial charge is 0.0216 e. The Hall–Kier alpha value is -0.130. The van der Waals surface area contributed by atoms with Crippen LogP contribution in [0.5, 0.6) is 0 Å². The molecule has 0 atom stereocenters. The second-order valence-corrected chi connectivity index (χ2v) is 5.31. The minimum Gasteiger partial charge on any atom is -0.313 e. The van der Waals surface area contributed by atoms with Gasteiger partial charge in [-0.1, -0.05) is 32.0 Å². The van der Waals surface area contributed by atoms with E-state index < -0.39 is 0 Å². The Balaban J connectivity index is 2.14. The van der Waals surface area contributed by atoms with Crippen LogP contribution in [0.3, 0.4) is 0 Å². The van der Waals surface area contributed by atoms with Crippen molar-refractivity contribution in [2.24, 2.45) is 0 Å². The van der Waals surface area contributed by atoms with Crippen LogP contribution in [0.1, 0.15) is 25.8 Å². The third kappa shape index (κ3) is 5.84. The Labute approximate surface area is 119 Å². The van der Waals surface area contributed by atoms with E-state index in [4.69, 9.17) is 0 Å². The van der Waals surface area contributed by atoms with Gasteiger partial charge in [0.2, 0.25) is 0 Å². The van der Waals surface area contributed by atoms with Gasteiger partial charge in [-0.3, -0.25) is 0 Å². The first-order valence-electron chi connectivity index (χ1n) is 6.44. The van der Waals surface area contributed by atoms with Crippen LogP contribution in [0.2, 0.25) is 0 Å². The molecule has 0 saturated carbocycles. The second-order valence-electron chi connectivity index (χ2n) is 4.15. The van der Waals surface area contributed by atoms with Gasteiger partial charge in [-0.05, 0) is 66.8 Å². The average molecular weight is 346 g/mol. The minimum atomic E-state index is 0.983. The molecular weight excluding hydrogens is 323 g/mol. The molecule has 1 rings (SSSR count). The van der Waals surface area contributed by atoms with Crippen LogP contribution in [0.4, 0.5) is 0 Å². The van der Waals surface area contributed by atoms with Crippen LogP contribution < -0.4 is 5.32 Å². The lowest BCUT2D eigenvalue weighted by Gasteiger charge is -2.17. The van der Waals surface area contributed by atoms with Crippen LogP contribution >= 0.6 is 22.6 Å². The van der Waals surface area contributed by atoms with Gasteiger partial charge in [-0.15, -0.1) is 0 Å². The summed E-state index contributed by atoms with van der Waals surface area (Å²) in [5.74, 6) is 0. The fraction of sp³-hybridized carbons (Fsp3) is 0.571. The van der Waals surface area contributed by atoms with E-state index in [1.165, 1.54) is 22.1 Å². The summed E-state index contributed by atoms with van der Waals surface area (Å²) in [6.45, 7) is 10.1. The molecule has 0 spiro atoms. The molecule has 0 aliphatic carbocycles. The third-order valence-electron chi connectivity index (χ3n) is 3.00. The van der Waals surface area contributed by atoms with Crippen molar-refractivity contribution in [1.29, 1.82) is 0 Å². The number of nitrogens with one attached hydrogen (secondary N) is 1. The fourth-order valence-corrected chi connectivity index (χ4v) is 2.41. The first-order valence-corrected chi connectivity index (χ1v) is 7.52. The molecule has 1 aromatic rings. The van der Waals surface area contributed by atoms with Crippen LogP contribution in [-0.2, 0) is 6.54 Å². The van der Waals surface area contributed by atoms with Crippen molar-refractivity contribution in [2.45, 2.75) is 26.8 Å². The van der Waals surface area contributed by atoms with Gasteiger partial charge in [-0.25, -0.2) is 0 Å². The van der Waals surface area contributed by atoms with Gasteiger partial charge in [0.1, 0.15) is 0 Å². The monoisotopic (exact) mass is 346 g/mol. The molecule has 0 aliphatic heterocycles. The first kappa shape index (κ1) is 14.9. The lowest BCUT2D eigenvalue weighted by molar-refractivity contribution is 0.298. The van der Waals surface area contributed by atoms with E-state index in [1.54, 1.807) is 0 Å². The Morgan fingerprint density at radius 2 is 1.88 bits per heavy atom. The van der Waals surface area contributed by atoms with Crippen molar-refractivity contribution in [1.82, 2.24) is 10.2 Å². The maximum absolute atomic E-state index is 3.51. The Morgan fingerprint density at radius 1 is 1.18 bits per heavy atom. The maximum Gasteiger partial charge on any atom is 0.0216 e. The molecular formula is C14H23IN2. The van der Waals surface area contributed by atoms with Crippen LogP contribution in [-0.4, -0.2) is 31.1 Å². The summed E-state index contributed by atoms with van der Waals surface area (Å²) in [5, 5.41) is 3.51. The number of nitrogens with zero attached hydrogens (tertiary/aromatic N) is 1. The van der Waals surface area contributed by atoms with Crippen molar-refractivity contribution in [2.75, 3.05) is 26.2 Å². The molecule has 0 fully saturated rings. The summed E-state index contributed by atoms with van der Waals surface area (Å²) in [5.41, 5.74) is 1.40. The predicted molar refractivity (Wildman–Crippen MR) is 83.3 cm³/mol. The normalized spacial score (nSPS) is 11.1. The van der Waals surface area contributed by atoms with E-state index in [0.29, 0.717) is 0 Å². The summed E-state index contributed by atoms with van der Waals surface area (Å²) in [6.07, 6.45) is 1.23. The van der Waals surface area contributed by atoms with Gasteiger partial charge < -0.3 is 10.2 Å². The fourth-order valence-electron chi connectivity index (χ4n) is 1.83. The zero-order chi connectivity index (χ0) is 12.5. The summed E-state index contributed by atoms with van der Waals surface area (Å²) in [4.78, 5) is 2.47. The number of benzene rings is 1. The van der Waals surface area contributed by atoms with E-state index in [2.05, 4.69) is 70.9 Å². The largest absolute Gasteiger partial charge is 0.313 e. The van der Waals surface area contributed by atoms with Crippen LogP contribution in [0, 0.1) is 3.57 Å². The summed E-state index contributed by atoms with van der Waals surface area (Å²) in [7, 11) is 0. The van der Waals surface area contributed by atoms with Gasteiger partial charge >= 0.3 is 0 Å². The van der Waals surface area contributed by atoms with Gasteiger partial charge in [0.25, 0.3) is 0 Å². The van der Waals surface area contributed by atoms with Crippen LogP contribution in [0.25, 0.3) is 0 Å². The van der Waals surface area contributed by atoms with Gasteiger partial charge in [0, 0.05) is 10.1 Å². The summed E-state index contributed by atoms with van der Waals surface area (Å²) in [6, 6.07) is 8.55. The van der Waals surface area contributed by atoms with E-state index in [1.807, 2.05) is 0 Å². The molecule has 0 amide bonds. The molecule has 0 aliphatic rings. The van der Waals surface area contributed by atoms with E-state index >= 15 is 0 Å². The molecule has 1 aromatic carbocycles. The van der Waals surface area contributed by atoms with Crippen LogP contribution in [0.15, 0.2) is 24.3 Å². The number of hydrogen-bond donors (Lipinski definition) is 1. The Kier molecular flexibility index (Phi) is 7.81. The summed E-state index contributed by atoms with van der Waals surface area (Å²) >= 11 is 2.40. The molecule has 3 heteroatoms. The SMILES string of the molecule is CCN(CC)CCCNCc1ccccc1I. The van der Waals surface area contributed by atoms with E-state index in [0.717, 1.165) is 26.2 Å². The summed E-state index contributed by atoms with van der Waals surface area (Å²) < 4.78 is 1.35. The predicted octanol–water partition coefficient (Wildman–Crippen LogP) is 3.11. The Morgan fingerprint density at radius 3 is 2.53 bits per heavy atom. The molecule has 0 unspecified atom stereocenters. The highest BCUT2D eigenvalue weighted by Crippen LogP contribution is 2.10. The molecule has 1 N–H and O–H groups in total. The lowest BCUT2D eigenvalue weighted by Crippen LogP contribution is -2.27. The average Bonchev–Trinajstić information content (AvgIpc) is 2.36. The van der Waals surface area contributed by atoms with E-state index in [9.17, 15) is 0 Å². The molecule has 17 heavy (non-hydrogen) atoms. The highest BCUT2D eigenvalue weighted by molar-refractivity contribution is 14.1. The van der Waals surface area contributed by atoms with Crippen molar-refractivity contribution in [3.05, 3.63) is 33.4 Å². The lowest BCUT2D eigenvalue weighted by atomic mass is 10.2. The minimum absolute atomic E-state index is 0.983. The molecule has 2 nitrogen and oxygen atoms in total. The molecule has 0 heterocycles. The van der Waals surface area contributed by atoms with Gasteiger partial charge in [0.05, 0.1) is 0 Å². The van der Waals surface area contributed by atoms with Gasteiger partial charge in [0.15, 0.2) is 0 Å². The molecule has 0 saturated heterocycles. The zero-order valence-corrected chi connectivity index (χ0v) is 13.0. The maximum atomic E-state index is 3.51. The topological polar surface area (TPSA) is 15.3 Å². The van der Waals surface area contributed by atoms with Crippen molar-refractivity contribution in [3.63, 3.8) is 0 Å². The van der Waals surface area contributed by atoms with Crippen molar-refractivity contribution in [3.8, 4) is 0 Å². The number of hydrogen-bond acceptors (Lipinski definition) is 2. The zero-order valence-electron chi connectivity index (χ0n) is 10.9. The number of rotatable bonds is 8. The molecule has 0 bridgehead atoms. The quantitative estimate of drug-likeness (QED) is 0.575. The highest BCUT2D eigenvalue weighted by Gasteiger charge is 1.99. The van der Waals surface area contributed by atoms with Crippen molar-refractivity contribution < 1.29 is 0 Å². The highest BCUT2D eigenvalue weighted by atomic mass is 127. The van der Waals surface area contributed by atoms with E-state index in [-0.39, 0.29) is 0 Å². The standard InChI is InChI=1S/C14H23IN2/c1-3-17(4-2)11-7-10-16-12-13-8-5-6-9-14(13)15/h5-6,8-9,16H,3-4,7,10-12H2,1-2H3. The first-order chi connectivity index (χ1) is 8.27. The molecule has 0 radical (unpaired) electrons. The third-order valence-corrected chi connectivity index (χ3v) is 4.05. The second kappa shape index (κ2) is 8.89. The van der Waals surface area contributed by atoms with Gasteiger partial charge in [-0.2, -0.15) is 0 Å². The Bertz CT molecular complexity index is 311. The molecule has 96 valence electrons. The molecule has 0 aromatic heterocycles. The van der Waals surface area contributed by atoms with Crippen molar-refractivity contribution >= 4 is 22.6 Å².